The summed E-state index contributed by atoms with van der Waals surface area (Å²) in [6, 6.07) is 8.07. The van der Waals surface area contributed by atoms with Gasteiger partial charge in [0.1, 0.15) is 5.75 Å². The summed E-state index contributed by atoms with van der Waals surface area (Å²) < 4.78 is 5.72. The molecule has 0 aliphatic carbocycles. The fourth-order valence-corrected chi connectivity index (χ4v) is 4.00. The van der Waals surface area contributed by atoms with Crippen molar-refractivity contribution in [2.75, 3.05) is 32.7 Å². The first-order valence-corrected chi connectivity index (χ1v) is 10.6. The van der Waals surface area contributed by atoms with Crippen molar-refractivity contribution < 1.29 is 14.3 Å². The van der Waals surface area contributed by atoms with Gasteiger partial charge in [-0.05, 0) is 63.1 Å². The first kappa shape index (κ1) is 20.5. The zero-order valence-corrected chi connectivity index (χ0v) is 17.2. The number of nitrogens with zero attached hydrogens (tertiary/aromatic N) is 2. The molecule has 2 saturated heterocycles. The average Bonchev–Trinajstić information content (AvgIpc) is 3.07. The highest BCUT2D eigenvalue weighted by Crippen LogP contribution is 2.21. The lowest BCUT2D eigenvalue weighted by Crippen LogP contribution is -2.46. The molecule has 2 fully saturated rings. The van der Waals surface area contributed by atoms with Crippen LogP contribution in [0.3, 0.4) is 0 Å². The third-order valence-electron chi connectivity index (χ3n) is 5.51. The van der Waals surface area contributed by atoms with E-state index in [0.29, 0.717) is 24.8 Å². The van der Waals surface area contributed by atoms with Crippen molar-refractivity contribution in [2.45, 2.75) is 52.1 Å². The third-order valence-corrected chi connectivity index (χ3v) is 5.51. The quantitative estimate of drug-likeness (QED) is 0.782. The van der Waals surface area contributed by atoms with Gasteiger partial charge in [0.25, 0.3) is 0 Å². The monoisotopic (exact) mass is 387 g/mol. The van der Waals surface area contributed by atoms with Crippen LogP contribution >= 0.6 is 0 Å². The predicted octanol–water partition coefficient (Wildman–Crippen LogP) is 3.06. The van der Waals surface area contributed by atoms with Crippen LogP contribution in [0.1, 0.15) is 45.1 Å². The second kappa shape index (κ2) is 9.80. The number of benzene rings is 1. The van der Waals surface area contributed by atoms with E-state index in [1.54, 1.807) is 0 Å². The molecule has 0 unspecified atom stereocenters. The molecule has 0 bridgehead atoms. The number of ether oxygens (including phenoxy) is 1. The van der Waals surface area contributed by atoms with Crippen LogP contribution in [-0.2, 0) is 11.2 Å². The molecule has 3 rings (SSSR count). The maximum absolute atomic E-state index is 12.4. The number of urea groups is 1. The summed E-state index contributed by atoms with van der Waals surface area (Å²) in [5, 5.41) is 3.04. The molecule has 1 N–H and O–H groups in total. The number of piperidine rings is 1. The number of amides is 3. The Morgan fingerprint density at radius 1 is 1.25 bits per heavy atom. The fraction of sp³-hybridized carbons (Fsp3) is 0.636. The van der Waals surface area contributed by atoms with E-state index in [1.807, 2.05) is 41.8 Å². The molecule has 0 aromatic heterocycles. The van der Waals surface area contributed by atoms with E-state index < -0.39 is 0 Å². The molecule has 3 amide bonds. The van der Waals surface area contributed by atoms with E-state index in [-0.39, 0.29) is 12.1 Å². The lowest BCUT2D eigenvalue weighted by molar-refractivity contribution is -0.128. The largest absolute Gasteiger partial charge is 0.491 e. The summed E-state index contributed by atoms with van der Waals surface area (Å²) in [5.41, 5.74) is 1.16. The molecule has 2 aliphatic rings. The highest BCUT2D eigenvalue weighted by Gasteiger charge is 2.27. The molecule has 1 aromatic rings. The van der Waals surface area contributed by atoms with Gasteiger partial charge in [-0.25, -0.2) is 4.79 Å². The Morgan fingerprint density at radius 2 is 2.04 bits per heavy atom. The van der Waals surface area contributed by atoms with Crippen LogP contribution in [0, 0.1) is 5.92 Å². The van der Waals surface area contributed by atoms with E-state index in [2.05, 4.69) is 11.4 Å². The molecule has 6 nitrogen and oxygen atoms in total. The summed E-state index contributed by atoms with van der Waals surface area (Å²) in [7, 11) is 0. The highest BCUT2D eigenvalue weighted by molar-refractivity contribution is 5.78. The van der Waals surface area contributed by atoms with Crippen molar-refractivity contribution >= 4 is 11.9 Å². The van der Waals surface area contributed by atoms with Gasteiger partial charge >= 0.3 is 6.03 Å². The first-order chi connectivity index (χ1) is 13.5. The normalized spacial score (nSPS) is 18.0. The Morgan fingerprint density at radius 3 is 2.71 bits per heavy atom. The Balaban J connectivity index is 1.36. The summed E-state index contributed by atoms with van der Waals surface area (Å²) in [5.74, 6) is 1.69. The first-order valence-electron chi connectivity index (χ1n) is 10.6. The fourth-order valence-electron chi connectivity index (χ4n) is 4.00. The minimum atomic E-state index is 0.0188. The second-order valence-corrected chi connectivity index (χ2v) is 8.17. The number of carbonyl (C=O) groups is 2. The Labute approximate surface area is 168 Å². The average molecular weight is 388 g/mol. The van der Waals surface area contributed by atoms with Gasteiger partial charge in [-0.15, -0.1) is 0 Å². The minimum Gasteiger partial charge on any atom is -0.491 e. The van der Waals surface area contributed by atoms with Gasteiger partial charge in [0.05, 0.1) is 6.10 Å². The molecule has 0 atom stereocenters. The zero-order valence-electron chi connectivity index (χ0n) is 17.2. The summed E-state index contributed by atoms with van der Waals surface area (Å²) >= 11 is 0. The molecule has 2 heterocycles. The number of hydrogen-bond acceptors (Lipinski definition) is 3. The topological polar surface area (TPSA) is 61.9 Å². The lowest BCUT2D eigenvalue weighted by Gasteiger charge is -2.33. The lowest BCUT2D eigenvalue weighted by atomic mass is 9.96. The molecular weight excluding hydrogens is 354 g/mol. The molecule has 0 radical (unpaired) electrons. The van der Waals surface area contributed by atoms with Crippen LogP contribution in [0.2, 0.25) is 0 Å². The Bertz CT molecular complexity index is 669. The summed E-state index contributed by atoms with van der Waals surface area (Å²) in [6.07, 6.45) is 4.59. The predicted molar refractivity (Wildman–Crippen MR) is 109 cm³/mol. The maximum Gasteiger partial charge on any atom is 0.317 e. The molecular formula is C22H33N3O3. The molecule has 0 spiro atoms. The van der Waals surface area contributed by atoms with Crippen LogP contribution in [-0.4, -0.2) is 60.6 Å². The van der Waals surface area contributed by atoms with Crippen molar-refractivity contribution in [2.24, 2.45) is 5.92 Å². The smallest absolute Gasteiger partial charge is 0.317 e. The number of nitrogens with one attached hydrogen (secondary N) is 1. The van der Waals surface area contributed by atoms with Crippen LogP contribution in [0.15, 0.2) is 24.3 Å². The number of likely N-dealkylation sites (tertiary alicyclic amines) is 2. The summed E-state index contributed by atoms with van der Waals surface area (Å²) in [4.78, 5) is 28.1. The molecule has 154 valence electrons. The van der Waals surface area contributed by atoms with Crippen LogP contribution in [0.25, 0.3) is 0 Å². The third kappa shape index (κ3) is 5.88. The van der Waals surface area contributed by atoms with Gasteiger partial charge in [-0.1, -0.05) is 12.1 Å². The van der Waals surface area contributed by atoms with Gasteiger partial charge in [0.15, 0.2) is 0 Å². The van der Waals surface area contributed by atoms with E-state index in [1.165, 1.54) is 0 Å². The standard InChI is InChI=1S/C22H33N3O3/c1-17(2)28-20-6-3-5-18(15-20)8-11-23-22(27)24-13-9-19(10-14-24)16-25-12-4-7-21(25)26/h3,5-6,15,17,19H,4,7-14,16H2,1-2H3,(H,23,27). The molecule has 28 heavy (non-hydrogen) atoms. The number of hydrogen-bond donors (Lipinski definition) is 1. The van der Waals surface area contributed by atoms with Gasteiger partial charge in [0.2, 0.25) is 5.91 Å². The van der Waals surface area contributed by atoms with Gasteiger partial charge in [-0.3, -0.25) is 4.79 Å². The van der Waals surface area contributed by atoms with Gasteiger partial charge in [-0.2, -0.15) is 0 Å². The molecule has 2 aliphatic heterocycles. The van der Waals surface area contributed by atoms with Crippen molar-refractivity contribution in [1.29, 1.82) is 0 Å². The number of rotatable bonds is 7. The van der Waals surface area contributed by atoms with E-state index in [0.717, 1.165) is 63.2 Å². The SMILES string of the molecule is CC(C)Oc1cccc(CCNC(=O)N2CCC(CN3CCCC3=O)CC2)c1. The van der Waals surface area contributed by atoms with Crippen molar-refractivity contribution in [3.8, 4) is 5.75 Å². The minimum absolute atomic E-state index is 0.0188. The Hall–Kier alpha value is -2.24. The Kier molecular flexibility index (Phi) is 7.18. The summed E-state index contributed by atoms with van der Waals surface area (Å²) in [6.45, 7) is 7.96. The van der Waals surface area contributed by atoms with E-state index in [4.69, 9.17) is 4.74 Å². The highest BCUT2D eigenvalue weighted by atomic mass is 16.5. The molecule has 6 heteroatoms. The van der Waals surface area contributed by atoms with Crippen LogP contribution < -0.4 is 10.1 Å². The van der Waals surface area contributed by atoms with E-state index in [9.17, 15) is 9.59 Å². The van der Waals surface area contributed by atoms with E-state index >= 15 is 0 Å². The zero-order chi connectivity index (χ0) is 19.9. The maximum atomic E-state index is 12.4. The molecule has 0 saturated carbocycles. The van der Waals surface area contributed by atoms with Gasteiger partial charge in [0, 0.05) is 39.1 Å². The van der Waals surface area contributed by atoms with Crippen LogP contribution in [0.5, 0.6) is 5.75 Å². The van der Waals surface area contributed by atoms with Crippen molar-refractivity contribution in [3.05, 3.63) is 29.8 Å². The second-order valence-electron chi connectivity index (χ2n) is 8.17. The van der Waals surface area contributed by atoms with Crippen LogP contribution in [0.4, 0.5) is 4.79 Å². The number of carbonyl (C=O) groups excluding carboxylic acids is 2. The van der Waals surface area contributed by atoms with Crippen molar-refractivity contribution in [1.82, 2.24) is 15.1 Å². The molecule has 1 aromatic carbocycles. The van der Waals surface area contributed by atoms with Crippen molar-refractivity contribution in [3.63, 3.8) is 0 Å². The van der Waals surface area contributed by atoms with Gasteiger partial charge < -0.3 is 19.9 Å².